The van der Waals surface area contributed by atoms with E-state index in [1.807, 2.05) is 0 Å². The van der Waals surface area contributed by atoms with Crippen molar-refractivity contribution in [2.24, 2.45) is 7.05 Å². The topological polar surface area (TPSA) is 20.7 Å². The largest absolute Gasteiger partial charge is 0.353 e. The van der Waals surface area contributed by atoms with Crippen molar-refractivity contribution in [1.82, 2.24) is 8.94 Å². The van der Waals surface area contributed by atoms with E-state index in [4.69, 9.17) is 0 Å². The predicted octanol–water partition coefficient (Wildman–Crippen LogP) is 3.85. The molecule has 0 unspecified atom stereocenters. The molecule has 0 aliphatic rings. The number of aryl methyl sites for hydroxylation is 1. The zero-order valence-electron chi connectivity index (χ0n) is 8.97. The Morgan fingerprint density at radius 2 is 1.62 bits per heavy atom. The van der Waals surface area contributed by atoms with Crippen LogP contribution in [0, 0.1) is 0 Å². The summed E-state index contributed by atoms with van der Waals surface area (Å²) < 4.78 is 3.44. The van der Waals surface area contributed by atoms with Crippen molar-refractivity contribution in [3.8, 4) is 0 Å². The van der Waals surface area contributed by atoms with E-state index in [0.717, 1.165) is 5.52 Å². The van der Waals surface area contributed by atoms with Crippen LogP contribution in [-0.4, -0.2) is 8.94 Å². The highest BCUT2D eigenvalue weighted by Crippen LogP contribution is 2.19. The average Bonchev–Trinajstić information content (AvgIpc) is 2.45. The van der Waals surface area contributed by atoms with Crippen LogP contribution >= 0.6 is 11.5 Å². The number of fused-ring (bicyclic) bond motifs is 2. The van der Waals surface area contributed by atoms with Crippen LogP contribution in [0.4, 0.5) is 0 Å². The summed E-state index contributed by atoms with van der Waals surface area (Å²) in [6.45, 7) is 0. The summed E-state index contributed by atoms with van der Waals surface area (Å²) in [4.78, 5) is 3.47. The molecule has 1 N–H and O–H groups in total. The van der Waals surface area contributed by atoms with E-state index in [2.05, 4.69) is 64.5 Å². The number of H-pyrrole nitrogens is 1. The molecular weight excluding hydrogens is 216 g/mol. The van der Waals surface area contributed by atoms with Crippen LogP contribution in [0.15, 0.2) is 48.5 Å². The maximum atomic E-state index is 3.47. The van der Waals surface area contributed by atoms with Gasteiger partial charge in [-0.15, -0.1) is 0 Å². The van der Waals surface area contributed by atoms with Crippen molar-refractivity contribution in [3.05, 3.63) is 48.5 Å². The van der Waals surface area contributed by atoms with Crippen LogP contribution in [0.2, 0.25) is 0 Å². The van der Waals surface area contributed by atoms with Crippen molar-refractivity contribution < 1.29 is 0 Å². The quantitative estimate of drug-likeness (QED) is 0.603. The molecule has 2 nitrogen and oxygen atoms in total. The molecule has 0 aliphatic heterocycles. The summed E-state index contributed by atoms with van der Waals surface area (Å²) in [6.07, 6.45) is 0. The molecule has 3 heteroatoms. The fraction of sp³-hybridized carbons (Fsp3) is 0.0769. The standard InChI is InChI=1S/C13H12N2S/c1-15-12-8-4-2-6-10(12)14-11-7-3-5-9-13(11)16-15/h2-9,14H,1H3. The van der Waals surface area contributed by atoms with E-state index in [1.54, 1.807) is 11.5 Å². The number of aromatic nitrogens is 2. The van der Waals surface area contributed by atoms with Crippen LogP contribution in [0.3, 0.4) is 0 Å². The molecule has 0 aliphatic carbocycles. The third-order valence-corrected chi connectivity index (χ3v) is 3.66. The van der Waals surface area contributed by atoms with Crippen molar-refractivity contribution in [1.29, 1.82) is 0 Å². The number of rotatable bonds is 0. The Morgan fingerprint density at radius 1 is 0.938 bits per heavy atom. The lowest BCUT2D eigenvalue weighted by atomic mass is 10.3. The van der Waals surface area contributed by atoms with Crippen LogP contribution in [0.5, 0.6) is 0 Å². The Hall–Kier alpha value is -1.74. The van der Waals surface area contributed by atoms with Crippen LogP contribution in [0.25, 0.3) is 21.3 Å². The fourth-order valence-corrected chi connectivity index (χ4v) is 2.75. The molecule has 1 aromatic heterocycles. The van der Waals surface area contributed by atoms with Gasteiger partial charge in [-0.05, 0) is 24.3 Å². The Kier molecular flexibility index (Phi) is 2.18. The van der Waals surface area contributed by atoms with Crippen molar-refractivity contribution in [2.75, 3.05) is 0 Å². The van der Waals surface area contributed by atoms with Gasteiger partial charge < -0.3 is 4.98 Å². The Balaban J connectivity index is 2.60. The molecule has 0 saturated heterocycles. The molecule has 3 aromatic rings. The molecule has 0 atom stereocenters. The smallest absolute Gasteiger partial charge is 0.0739 e. The van der Waals surface area contributed by atoms with Crippen molar-refractivity contribution >= 4 is 32.8 Å². The summed E-state index contributed by atoms with van der Waals surface area (Å²) >= 11 is 1.75. The highest BCUT2D eigenvalue weighted by Gasteiger charge is 1.97. The summed E-state index contributed by atoms with van der Waals surface area (Å²) in [5.41, 5.74) is 3.54. The third kappa shape index (κ3) is 1.49. The Labute approximate surface area is 97.6 Å². The number of benzene rings is 2. The first-order valence-electron chi connectivity index (χ1n) is 5.21. The number of aromatic amines is 1. The van der Waals surface area contributed by atoms with E-state index >= 15 is 0 Å². The lowest BCUT2D eigenvalue weighted by molar-refractivity contribution is 1.08. The minimum absolute atomic E-state index is 1.16. The molecule has 80 valence electrons. The molecule has 2 aromatic carbocycles. The SMILES string of the molecule is Cn1sc2ccccc2[nH]c2ccccc21. The summed E-state index contributed by atoms with van der Waals surface area (Å²) in [5, 5.41) is 0. The van der Waals surface area contributed by atoms with Crippen LogP contribution < -0.4 is 0 Å². The number of hydrogen-bond acceptors (Lipinski definition) is 1. The maximum absolute atomic E-state index is 3.47. The highest BCUT2D eigenvalue weighted by molar-refractivity contribution is 7.13. The second-order valence-electron chi connectivity index (χ2n) is 3.73. The molecule has 3 rings (SSSR count). The van der Waals surface area contributed by atoms with E-state index in [1.165, 1.54) is 15.7 Å². The predicted molar refractivity (Wildman–Crippen MR) is 70.3 cm³/mol. The summed E-state index contributed by atoms with van der Waals surface area (Å²) in [5.74, 6) is 0. The second-order valence-corrected chi connectivity index (χ2v) is 4.90. The lowest BCUT2D eigenvalue weighted by Crippen LogP contribution is -1.83. The van der Waals surface area contributed by atoms with Crippen molar-refractivity contribution in [3.63, 3.8) is 0 Å². The first kappa shape index (κ1) is 9.48. The minimum Gasteiger partial charge on any atom is -0.353 e. The molecule has 0 saturated carbocycles. The highest BCUT2D eigenvalue weighted by atomic mass is 32.1. The maximum Gasteiger partial charge on any atom is 0.0739 e. The Bertz CT molecular complexity index is 686. The molecular formula is C13H12N2S. The molecule has 0 amide bonds. The van der Waals surface area contributed by atoms with E-state index in [-0.39, 0.29) is 0 Å². The van der Waals surface area contributed by atoms with Gasteiger partial charge in [0.25, 0.3) is 0 Å². The van der Waals surface area contributed by atoms with Crippen molar-refractivity contribution in [2.45, 2.75) is 0 Å². The van der Waals surface area contributed by atoms with E-state index in [0.29, 0.717) is 0 Å². The zero-order chi connectivity index (χ0) is 11.0. The van der Waals surface area contributed by atoms with Crippen LogP contribution in [-0.2, 0) is 7.05 Å². The molecule has 1 heterocycles. The van der Waals surface area contributed by atoms with Gasteiger partial charge in [-0.1, -0.05) is 35.8 Å². The van der Waals surface area contributed by atoms with Gasteiger partial charge in [0.1, 0.15) is 0 Å². The van der Waals surface area contributed by atoms with Gasteiger partial charge in [0, 0.05) is 7.05 Å². The average molecular weight is 228 g/mol. The van der Waals surface area contributed by atoms with Gasteiger partial charge >= 0.3 is 0 Å². The zero-order valence-corrected chi connectivity index (χ0v) is 9.79. The molecule has 0 fully saturated rings. The Morgan fingerprint density at radius 3 is 2.50 bits per heavy atom. The summed E-state index contributed by atoms with van der Waals surface area (Å²) in [7, 11) is 2.09. The first-order valence-corrected chi connectivity index (χ1v) is 5.99. The lowest BCUT2D eigenvalue weighted by Gasteiger charge is -1.96. The number of hydrogen-bond donors (Lipinski definition) is 1. The molecule has 16 heavy (non-hydrogen) atoms. The normalized spacial score (nSPS) is 10.8. The first-order chi connectivity index (χ1) is 7.84. The van der Waals surface area contributed by atoms with Gasteiger partial charge in [0.05, 0.1) is 21.3 Å². The molecule has 0 radical (unpaired) electrons. The summed E-state index contributed by atoms with van der Waals surface area (Å²) in [6, 6.07) is 16.7. The van der Waals surface area contributed by atoms with Gasteiger partial charge in [0.15, 0.2) is 0 Å². The van der Waals surface area contributed by atoms with Crippen LogP contribution in [0.1, 0.15) is 0 Å². The molecule has 0 bridgehead atoms. The number of nitrogens with zero attached hydrogens (tertiary/aromatic N) is 1. The number of nitrogens with one attached hydrogen (secondary N) is 1. The third-order valence-electron chi connectivity index (χ3n) is 2.63. The molecule has 0 spiro atoms. The number of para-hydroxylation sites is 3. The minimum atomic E-state index is 1.16. The van der Waals surface area contributed by atoms with Gasteiger partial charge in [-0.3, -0.25) is 3.96 Å². The van der Waals surface area contributed by atoms with E-state index in [9.17, 15) is 0 Å². The van der Waals surface area contributed by atoms with E-state index < -0.39 is 0 Å². The second kappa shape index (κ2) is 3.68. The van der Waals surface area contributed by atoms with Gasteiger partial charge in [0.2, 0.25) is 0 Å². The van der Waals surface area contributed by atoms with Gasteiger partial charge in [-0.25, -0.2) is 0 Å². The van der Waals surface area contributed by atoms with Gasteiger partial charge in [-0.2, -0.15) is 0 Å². The fourth-order valence-electron chi connectivity index (χ4n) is 1.85. The monoisotopic (exact) mass is 228 g/mol.